The number of hydrogen-bond donors (Lipinski definition) is 2. The van der Waals surface area contributed by atoms with Gasteiger partial charge in [0.2, 0.25) is 0 Å². The van der Waals surface area contributed by atoms with Crippen LogP contribution in [0.3, 0.4) is 0 Å². The van der Waals surface area contributed by atoms with Gasteiger partial charge in [0, 0.05) is 25.0 Å². The third-order valence-corrected chi connectivity index (χ3v) is 3.12. The lowest BCUT2D eigenvalue weighted by atomic mass is 10.3. The summed E-state index contributed by atoms with van der Waals surface area (Å²) in [6.07, 6.45) is 1.20. The second-order valence-corrected chi connectivity index (χ2v) is 5.34. The Hall–Kier alpha value is -1.07. The van der Waals surface area contributed by atoms with Gasteiger partial charge in [-0.25, -0.2) is 8.42 Å². The van der Waals surface area contributed by atoms with Gasteiger partial charge in [-0.2, -0.15) is 0 Å². The van der Waals surface area contributed by atoms with E-state index in [9.17, 15) is 8.42 Å². The zero-order chi connectivity index (χ0) is 11.3. The van der Waals surface area contributed by atoms with E-state index in [-0.39, 0.29) is 0 Å². The minimum Gasteiger partial charge on any atom is -0.384 e. The van der Waals surface area contributed by atoms with Crippen LogP contribution in [0.1, 0.15) is 0 Å². The molecule has 0 aliphatic carbocycles. The normalized spacial score (nSPS) is 11.3. The first kappa shape index (κ1) is 12.0. The van der Waals surface area contributed by atoms with Gasteiger partial charge in [0.25, 0.3) is 0 Å². The minimum atomic E-state index is -3.08. The van der Waals surface area contributed by atoms with E-state index in [0.717, 1.165) is 18.8 Å². The van der Waals surface area contributed by atoms with Crippen molar-refractivity contribution in [3.63, 3.8) is 0 Å². The van der Waals surface area contributed by atoms with Crippen LogP contribution in [0.15, 0.2) is 29.2 Å². The second-order valence-electron chi connectivity index (χ2n) is 3.33. The van der Waals surface area contributed by atoms with Crippen LogP contribution in [0.2, 0.25) is 0 Å². The predicted octanol–water partition coefficient (Wildman–Crippen LogP) is 0.721. The number of nitrogens with one attached hydrogen (secondary N) is 2. The highest BCUT2D eigenvalue weighted by molar-refractivity contribution is 7.90. The van der Waals surface area contributed by atoms with Crippen molar-refractivity contribution in [2.45, 2.75) is 4.90 Å². The molecule has 0 saturated carbocycles. The van der Waals surface area contributed by atoms with Crippen molar-refractivity contribution in [2.24, 2.45) is 0 Å². The summed E-state index contributed by atoms with van der Waals surface area (Å²) < 4.78 is 22.3. The molecule has 0 aliphatic heterocycles. The Morgan fingerprint density at radius 3 is 2.20 bits per heavy atom. The zero-order valence-corrected chi connectivity index (χ0v) is 9.76. The molecule has 1 rings (SSSR count). The topological polar surface area (TPSA) is 58.2 Å². The molecule has 2 N–H and O–H groups in total. The maximum Gasteiger partial charge on any atom is 0.175 e. The quantitative estimate of drug-likeness (QED) is 0.729. The van der Waals surface area contributed by atoms with Gasteiger partial charge in [-0.05, 0) is 31.3 Å². The Balaban J connectivity index is 2.65. The molecule has 0 atom stereocenters. The first-order valence-corrected chi connectivity index (χ1v) is 6.62. The fourth-order valence-electron chi connectivity index (χ4n) is 1.15. The molecule has 84 valence electrons. The standard InChI is InChI=1S/C10H16N2O2S/c1-11-7-8-12-9-3-5-10(6-4-9)15(2,13)14/h3-6,11-12H,7-8H2,1-2H3. The Bertz CT molecular complexity index is 398. The van der Waals surface area contributed by atoms with Gasteiger partial charge in [0.15, 0.2) is 9.84 Å². The van der Waals surface area contributed by atoms with E-state index in [0.29, 0.717) is 4.90 Å². The lowest BCUT2D eigenvalue weighted by Crippen LogP contribution is -2.17. The average Bonchev–Trinajstić information content (AvgIpc) is 2.18. The van der Waals surface area contributed by atoms with Crippen LogP contribution in [0.5, 0.6) is 0 Å². The van der Waals surface area contributed by atoms with E-state index in [2.05, 4.69) is 10.6 Å². The molecular weight excluding hydrogens is 212 g/mol. The number of sulfone groups is 1. The molecule has 0 unspecified atom stereocenters. The van der Waals surface area contributed by atoms with Crippen molar-refractivity contribution < 1.29 is 8.42 Å². The van der Waals surface area contributed by atoms with E-state index in [1.54, 1.807) is 24.3 Å². The summed E-state index contributed by atoms with van der Waals surface area (Å²) in [5, 5.41) is 6.18. The number of anilines is 1. The molecule has 0 bridgehead atoms. The number of likely N-dealkylation sites (N-methyl/N-ethyl adjacent to an activating group) is 1. The molecule has 0 aliphatic rings. The Morgan fingerprint density at radius 2 is 1.73 bits per heavy atom. The molecule has 0 aromatic heterocycles. The smallest absolute Gasteiger partial charge is 0.175 e. The van der Waals surface area contributed by atoms with Gasteiger partial charge in [-0.15, -0.1) is 0 Å². The SMILES string of the molecule is CNCCNc1ccc(S(C)(=O)=O)cc1. The summed E-state index contributed by atoms with van der Waals surface area (Å²) in [4.78, 5) is 0.349. The van der Waals surface area contributed by atoms with E-state index < -0.39 is 9.84 Å². The number of benzene rings is 1. The number of hydrogen-bond acceptors (Lipinski definition) is 4. The molecule has 0 saturated heterocycles. The number of rotatable bonds is 5. The minimum absolute atomic E-state index is 0.349. The molecule has 1 aromatic carbocycles. The second kappa shape index (κ2) is 5.14. The largest absolute Gasteiger partial charge is 0.384 e. The van der Waals surface area contributed by atoms with Crippen LogP contribution in [0, 0.1) is 0 Å². The summed E-state index contributed by atoms with van der Waals surface area (Å²) in [6.45, 7) is 1.68. The molecule has 1 aromatic rings. The van der Waals surface area contributed by atoms with E-state index >= 15 is 0 Å². The van der Waals surface area contributed by atoms with Crippen molar-refractivity contribution in [2.75, 3.05) is 31.7 Å². The summed E-state index contributed by atoms with van der Waals surface area (Å²) in [6, 6.07) is 6.76. The van der Waals surface area contributed by atoms with Crippen LogP contribution >= 0.6 is 0 Å². The first-order chi connectivity index (χ1) is 7.04. The van der Waals surface area contributed by atoms with Crippen molar-refractivity contribution >= 4 is 15.5 Å². The van der Waals surface area contributed by atoms with Gasteiger partial charge in [0.1, 0.15) is 0 Å². The molecule has 4 nitrogen and oxygen atoms in total. The van der Waals surface area contributed by atoms with Crippen LogP contribution in [0.4, 0.5) is 5.69 Å². The maximum atomic E-state index is 11.2. The van der Waals surface area contributed by atoms with Crippen LogP contribution in [-0.2, 0) is 9.84 Å². The van der Waals surface area contributed by atoms with Crippen LogP contribution < -0.4 is 10.6 Å². The van der Waals surface area contributed by atoms with E-state index in [1.165, 1.54) is 6.26 Å². The highest BCUT2D eigenvalue weighted by Crippen LogP contribution is 2.13. The lowest BCUT2D eigenvalue weighted by Gasteiger charge is -2.06. The molecule has 0 spiro atoms. The van der Waals surface area contributed by atoms with Crippen molar-refractivity contribution in [1.82, 2.24) is 5.32 Å². The third-order valence-electron chi connectivity index (χ3n) is 1.99. The molecule has 0 radical (unpaired) electrons. The average molecular weight is 228 g/mol. The van der Waals surface area contributed by atoms with Gasteiger partial charge >= 0.3 is 0 Å². The van der Waals surface area contributed by atoms with Crippen molar-refractivity contribution in [3.8, 4) is 0 Å². The first-order valence-electron chi connectivity index (χ1n) is 4.72. The fraction of sp³-hybridized carbons (Fsp3) is 0.400. The summed E-state index contributed by atoms with van der Waals surface area (Å²) in [5.41, 5.74) is 0.928. The lowest BCUT2D eigenvalue weighted by molar-refractivity contribution is 0.602. The predicted molar refractivity (Wildman–Crippen MR) is 62.0 cm³/mol. The van der Waals surface area contributed by atoms with E-state index in [4.69, 9.17) is 0 Å². The van der Waals surface area contributed by atoms with Crippen LogP contribution in [0.25, 0.3) is 0 Å². The summed E-state index contributed by atoms with van der Waals surface area (Å²) in [5.74, 6) is 0. The maximum absolute atomic E-state index is 11.2. The molecule has 0 amide bonds. The fourth-order valence-corrected chi connectivity index (χ4v) is 1.78. The Labute approximate surface area is 90.6 Å². The Morgan fingerprint density at radius 1 is 1.13 bits per heavy atom. The molecule has 0 heterocycles. The van der Waals surface area contributed by atoms with Crippen molar-refractivity contribution in [1.29, 1.82) is 0 Å². The highest BCUT2D eigenvalue weighted by atomic mass is 32.2. The van der Waals surface area contributed by atoms with Crippen LogP contribution in [-0.4, -0.2) is 34.8 Å². The van der Waals surface area contributed by atoms with E-state index in [1.807, 2.05) is 7.05 Å². The van der Waals surface area contributed by atoms with Crippen molar-refractivity contribution in [3.05, 3.63) is 24.3 Å². The summed E-state index contributed by atoms with van der Waals surface area (Å²) in [7, 11) is -1.20. The summed E-state index contributed by atoms with van der Waals surface area (Å²) >= 11 is 0. The zero-order valence-electron chi connectivity index (χ0n) is 8.95. The molecule has 0 fully saturated rings. The van der Waals surface area contributed by atoms with Gasteiger partial charge in [-0.3, -0.25) is 0 Å². The third kappa shape index (κ3) is 3.89. The monoisotopic (exact) mass is 228 g/mol. The van der Waals surface area contributed by atoms with Gasteiger partial charge in [0.05, 0.1) is 4.90 Å². The molecule has 15 heavy (non-hydrogen) atoms. The van der Waals surface area contributed by atoms with Gasteiger partial charge < -0.3 is 10.6 Å². The molecule has 5 heteroatoms. The Kier molecular flexibility index (Phi) is 4.11. The molecular formula is C10H16N2O2S. The highest BCUT2D eigenvalue weighted by Gasteiger charge is 2.05. The van der Waals surface area contributed by atoms with Gasteiger partial charge in [-0.1, -0.05) is 0 Å².